The lowest BCUT2D eigenvalue weighted by molar-refractivity contribution is -0.0706. The molecule has 6 rings (SSSR count). The Morgan fingerprint density at radius 1 is 0.968 bits per heavy atom. The van der Waals surface area contributed by atoms with E-state index in [2.05, 4.69) is 24.4 Å². The highest BCUT2D eigenvalue weighted by Crippen LogP contribution is 2.61. The SMILES string of the molecule is COc1cc(CNC(C)C23CC4CC(CC(C4)C2)C3)ccc1OCc1cccc(Cl)c1. The quantitative estimate of drug-likeness (QED) is 0.501. The van der Waals surface area contributed by atoms with Crippen molar-refractivity contribution in [3.8, 4) is 11.5 Å². The van der Waals surface area contributed by atoms with Gasteiger partial charge in [0.1, 0.15) is 6.61 Å². The topological polar surface area (TPSA) is 30.5 Å². The van der Waals surface area contributed by atoms with E-state index in [1.54, 1.807) is 7.11 Å². The molecule has 4 bridgehead atoms. The average Bonchev–Trinajstić information content (AvgIpc) is 2.75. The van der Waals surface area contributed by atoms with Crippen LogP contribution in [0.5, 0.6) is 11.5 Å². The molecule has 0 spiro atoms. The zero-order valence-electron chi connectivity index (χ0n) is 18.7. The number of hydrogen-bond acceptors (Lipinski definition) is 3. The molecular formula is C27H34ClNO2. The van der Waals surface area contributed by atoms with Crippen LogP contribution in [0.1, 0.15) is 56.6 Å². The predicted octanol–water partition coefficient (Wildman–Crippen LogP) is 6.62. The van der Waals surface area contributed by atoms with E-state index in [-0.39, 0.29) is 0 Å². The molecule has 3 nitrogen and oxygen atoms in total. The van der Waals surface area contributed by atoms with Crippen molar-refractivity contribution in [2.75, 3.05) is 7.11 Å². The molecule has 0 saturated heterocycles. The first-order valence-electron chi connectivity index (χ1n) is 11.8. The van der Waals surface area contributed by atoms with Gasteiger partial charge in [-0.2, -0.15) is 0 Å². The Hall–Kier alpha value is -1.71. The molecule has 31 heavy (non-hydrogen) atoms. The summed E-state index contributed by atoms with van der Waals surface area (Å²) in [7, 11) is 1.71. The third-order valence-electron chi connectivity index (χ3n) is 8.13. The second-order valence-corrected chi connectivity index (χ2v) is 10.7. The highest BCUT2D eigenvalue weighted by atomic mass is 35.5. The highest BCUT2D eigenvalue weighted by Gasteiger charge is 2.52. The van der Waals surface area contributed by atoms with E-state index >= 15 is 0 Å². The Balaban J connectivity index is 1.21. The maximum Gasteiger partial charge on any atom is 0.161 e. The summed E-state index contributed by atoms with van der Waals surface area (Å²) in [6, 6.07) is 14.6. The summed E-state index contributed by atoms with van der Waals surface area (Å²) in [5, 5.41) is 4.60. The van der Waals surface area contributed by atoms with Gasteiger partial charge in [-0.15, -0.1) is 0 Å². The fraction of sp³-hybridized carbons (Fsp3) is 0.556. The van der Waals surface area contributed by atoms with Crippen molar-refractivity contribution < 1.29 is 9.47 Å². The summed E-state index contributed by atoms with van der Waals surface area (Å²) in [6.07, 6.45) is 8.81. The number of rotatable bonds is 8. The molecule has 4 aliphatic carbocycles. The lowest BCUT2D eigenvalue weighted by Crippen LogP contribution is -2.54. The third-order valence-corrected chi connectivity index (χ3v) is 8.36. The molecule has 0 heterocycles. The minimum Gasteiger partial charge on any atom is -0.493 e. The van der Waals surface area contributed by atoms with Gasteiger partial charge in [0.25, 0.3) is 0 Å². The average molecular weight is 440 g/mol. The van der Waals surface area contributed by atoms with Crippen molar-refractivity contribution in [1.29, 1.82) is 0 Å². The largest absolute Gasteiger partial charge is 0.493 e. The molecule has 166 valence electrons. The summed E-state index contributed by atoms with van der Waals surface area (Å²) in [6.45, 7) is 3.76. The third kappa shape index (κ3) is 4.45. The molecule has 2 aromatic rings. The molecule has 4 heteroatoms. The molecule has 0 radical (unpaired) electrons. The van der Waals surface area contributed by atoms with E-state index < -0.39 is 0 Å². The zero-order chi connectivity index (χ0) is 21.4. The van der Waals surface area contributed by atoms with Crippen LogP contribution >= 0.6 is 11.6 Å². The maximum absolute atomic E-state index is 6.08. The highest BCUT2D eigenvalue weighted by molar-refractivity contribution is 6.30. The van der Waals surface area contributed by atoms with E-state index in [0.29, 0.717) is 18.1 Å². The minimum atomic E-state index is 0.470. The fourth-order valence-electron chi connectivity index (χ4n) is 6.92. The van der Waals surface area contributed by atoms with Gasteiger partial charge in [0.2, 0.25) is 0 Å². The Labute approximate surface area is 191 Å². The Morgan fingerprint density at radius 3 is 2.32 bits per heavy atom. The van der Waals surface area contributed by atoms with Crippen LogP contribution in [-0.4, -0.2) is 13.2 Å². The zero-order valence-corrected chi connectivity index (χ0v) is 19.5. The van der Waals surface area contributed by atoms with Gasteiger partial charge in [-0.1, -0.05) is 29.8 Å². The monoisotopic (exact) mass is 439 g/mol. The summed E-state index contributed by atoms with van der Waals surface area (Å²) in [5.74, 6) is 4.52. The molecule has 1 N–H and O–H groups in total. The van der Waals surface area contributed by atoms with Gasteiger partial charge in [-0.25, -0.2) is 0 Å². The second kappa shape index (κ2) is 8.67. The van der Waals surface area contributed by atoms with Crippen LogP contribution in [0.25, 0.3) is 0 Å². The molecule has 4 fully saturated rings. The summed E-state index contributed by atoms with van der Waals surface area (Å²) < 4.78 is 11.6. The van der Waals surface area contributed by atoms with E-state index in [4.69, 9.17) is 21.1 Å². The standard InChI is InChI=1S/C27H34ClNO2/c1-18(27-13-21-8-22(14-27)10-23(9-21)15-27)29-16-19-6-7-25(26(12-19)30-2)31-17-20-4-3-5-24(28)11-20/h3-7,11-12,18,21-23,29H,8-10,13-17H2,1-2H3. The van der Waals surface area contributed by atoms with Crippen molar-refractivity contribution in [2.45, 2.75) is 64.6 Å². The van der Waals surface area contributed by atoms with Gasteiger partial charge in [0, 0.05) is 17.6 Å². The lowest BCUT2D eigenvalue weighted by atomic mass is 9.48. The number of methoxy groups -OCH3 is 1. The Bertz CT molecular complexity index is 892. The molecule has 4 aliphatic rings. The second-order valence-electron chi connectivity index (χ2n) is 10.3. The number of nitrogens with one attached hydrogen (secondary N) is 1. The van der Waals surface area contributed by atoms with Gasteiger partial charge in [-0.3, -0.25) is 0 Å². The number of halogens is 1. The van der Waals surface area contributed by atoms with Gasteiger partial charge in [-0.05, 0) is 104 Å². The lowest BCUT2D eigenvalue weighted by Gasteiger charge is -2.59. The molecular weight excluding hydrogens is 406 g/mol. The Kier molecular flexibility index (Phi) is 5.92. The van der Waals surface area contributed by atoms with Gasteiger partial charge in [0.05, 0.1) is 7.11 Å². The molecule has 4 saturated carbocycles. The summed E-state index contributed by atoms with van der Waals surface area (Å²) in [4.78, 5) is 0. The van der Waals surface area contributed by atoms with Gasteiger partial charge in [0.15, 0.2) is 11.5 Å². The first kappa shape index (κ1) is 21.2. The number of benzene rings is 2. The van der Waals surface area contributed by atoms with Crippen molar-refractivity contribution >= 4 is 11.6 Å². The van der Waals surface area contributed by atoms with Crippen molar-refractivity contribution in [3.05, 3.63) is 58.6 Å². The van der Waals surface area contributed by atoms with E-state index in [1.165, 1.54) is 44.1 Å². The molecule has 1 unspecified atom stereocenters. The van der Waals surface area contributed by atoms with Crippen molar-refractivity contribution in [3.63, 3.8) is 0 Å². The van der Waals surface area contributed by atoms with E-state index in [1.807, 2.05) is 30.3 Å². The van der Waals surface area contributed by atoms with Crippen molar-refractivity contribution in [2.24, 2.45) is 23.2 Å². The molecule has 0 aromatic heterocycles. The van der Waals surface area contributed by atoms with E-state index in [0.717, 1.165) is 46.4 Å². The molecule has 2 aromatic carbocycles. The summed E-state index contributed by atoms with van der Waals surface area (Å²) in [5.41, 5.74) is 2.81. The molecule has 0 aliphatic heterocycles. The first-order chi connectivity index (χ1) is 15.0. The maximum atomic E-state index is 6.08. The van der Waals surface area contributed by atoms with Crippen LogP contribution in [0, 0.1) is 23.2 Å². The predicted molar refractivity (Wildman–Crippen MR) is 126 cm³/mol. The van der Waals surface area contributed by atoms with Gasteiger partial charge < -0.3 is 14.8 Å². The van der Waals surface area contributed by atoms with Crippen LogP contribution in [0.4, 0.5) is 0 Å². The van der Waals surface area contributed by atoms with E-state index in [9.17, 15) is 0 Å². The molecule has 1 atom stereocenters. The van der Waals surface area contributed by atoms with Crippen LogP contribution < -0.4 is 14.8 Å². The molecule has 0 amide bonds. The van der Waals surface area contributed by atoms with Crippen LogP contribution in [0.2, 0.25) is 5.02 Å². The van der Waals surface area contributed by atoms with Crippen LogP contribution in [0.3, 0.4) is 0 Å². The van der Waals surface area contributed by atoms with Gasteiger partial charge >= 0.3 is 0 Å². The van der Waals surface area contributed by atoms with Crippen LogP contribution in [0.15, 0.2) is 42.5 Å². The minimum absolute atomic E-state index is 0.470. The van der Waals surface area contributed by atoms with Crippen LogP contribution in [-0.2, 0) is 13.2 Å². The number of ether oxygens (including phenoxy) is 2. The number of hydrogen-bond donors (Lipinski definition) is 1. The normalized spacial score (nSPS) is 29.7. The fourth-order valence-corrected chi connectivity index (χ4v) is 7.14. The first-order valence-corrected chi connectivity index (χ1v) is 12.2. The smallest absolute Gasteiger partial charge is 0.161 e. The van der Waals surface area contributed by atoms with Crippen molar-refractivity contribution in [1.82, 2.24) is 5.32 Å². The summed E-state index contributed by atoms with van der Waals surface area (Å²) >= 11 is 6.08. The Morgan fingerprint density at radius 2 is 1.68 bits per heavy atom.